The van der Waals surface area contributed by atoms with Gasteiger partial charge in [-0.25, -0.2) is 0 Å². The number of aryl methyl sites for hydroxylation is 1. The molecule has 1 aromatic carbocycles. The Hall–Kier alpha value is -1.06. The van der Waals surface area contributed by atoms with Crippen molar-refractivity contribution >= 4 is 0 Å². The van der Waals surface area contributed by atoms with Crippen LogP contribution in [0.4, 0.5) is 0 Å². The van der Waals surface area contributed by atoms with Gasteiger partial charge < -0.3 is 14.7 Å². The van der Waals surface area contributed by atoms with Crippen LogP contribution in [0, 0.1) is 6.92 Å². The second kappa shape index (κ2) is 8.28. The summed E-state index contributed by atoms with van der Waals surface area (Å²) in [5.74, 6) is 0.998. The number of likely N-dealkylation sites (tertiary alicyclic amines) is 1. The number of hydrogen-bond donors (Lipinski definition) is 1. The summed E-state index contributed by atoms with van der Waals surface area (Å²) in [6.45, 7) is 5.41. The van der Waals surface area contributed by atoms with E-state index in [0.29, 0.717) is 12.6 Å². The van der Waals surface area contributed by atoms with E-state index in [1.54, 1.807) is 0 Å². The fourth-order valence-electron chi connectivity index (χ4n) is 3.00. The second-order valence-electron chi connectivity index (χ2n) is 5.67. The molecule has 2 rings (SSSR count). The molecule has 0 bridgehead atoms. The zero-order valence-corrected chi connectivity index (χ0v) is 12.6. The van der Waals surface area contributed by atoms with Crippen LogP contribution in [0.2, 0.25) is 0 Å². The van der Waals surface area contributed by atoms with E-state index in [1.165, 1.54) is 31.4 Å². The number of aliphatic hydroxyl groups excluding tert-OH is 1. The van der Waals surface area contributed by atoms with Gasteiger partial charge in [-0.1, -0.05) is 24.6 Å². The molecule has 0 radical (unpaired) electrons. The molecule has 3 nitrogen and oxygen atoms in total. The van der Waals surface area contributed by atoms with Crippen LogP contribution in [0.3, 0.4) is 0 Å². The maximum absolute atomic E-state index is 9.14. The number of ether oxygens (including phenoxy) is 1. The Morgan fingerprint density at radius 3 is 2.95 bits per heavy atom. The molecule has 0 aromatic heterocycles. The van der Waals surface area contributed by atoms with Crippen LogP contribution in [0.25, 0.3) is 0 Å². The normalized spacial score (nSPS) is 20.0. The third kappa shape index (κ3) is 4.50. The van der Waals surface area contributed by atoms with Crippen molar-refractivity contribution in [3.05, 3.63) is 29.8 Å². The van der Waals surface area contributed by atoms with Crippen LogP contribution in [0.15, 0.2) is 24.3 Å². The minimum absolute atomic E-state index is 0.306. The third-order valence-electron chi connectivity index (χ3n) is 4.15. The van der Waals surface area contributed by atoms with Crippen LogP contribution < -0.4 is 4.74 Å². The maximum atomic E-state index is 9.14. The number of hydrogen-bond acceptors (Lipinski definition) is 3. The van der Waals surface area contributed by atoms with Crippen LogP contribution >= 0.6 is 0 Å². The Bertz CT molecular complexity index is 392. The Kier molecular flexibility index (Phi) is 6.34. The molecule has 3 heteroatoms. The zero-order valence-electron chi connectivity index (χ0n) is 12.6. The molecule has 1 N–H and O–H groups in total. The van der Waals surface area contributed by atoms with Gasteiger partial charge in [0.05, 0.1) is 6.61 Å². The van der Waals surface area contributed by atoms with Gasteiger partial charge in [0.25, 0.3) is 0 Å². The molecular formula is C17H27NO2. The molecule has 0 aliphatic carbocycles. The van der Waals surface area contributed by atoms with E-state index in [2.05, 4.69) is 17.9 Å². The first-order chi connectivity index (χ1) is 9.81. The SMILES string of the molecule is Cc1ccccc1OCCCN1CCCCC1CCO. The van der Waals surface area contributed by atoms with E-state index in [0.717, 1.165) is 31.7 Å². The molecule has 1 aliphatic rings. The van der Waals surface area contributed by atoms with Crippen molar-refractivity contribution in [2.45, 2.75) is 45.1 Å². The van der Waals surface area contributed by atoms with Crippen molar-refractivity contribution in [1.82, 2.24) is 4.90 Å². The average molecular weight is 277 g/mol. The van der Waals surface area contributed by atoms with Crippen molar-refractivity contribution in [1.29, 1.82) is 0 Å². The summed E-state index contributed by atoms with van der Waals surface area (Å²) in [5.41, 5.74) is 1.20. The van der Waals surface area contributed by atoms with Gasteiger partial charge in [0.2, 0.25) is 0 Å². The molecule has 0 saturated carbocycles. The van der Waals surface area contributed by atoms with Crippen molar-refractivity contribution in [3.8, 4) is 5.75 Å². The first-order valence-corrected chi connectivity index (χ1v) is 7.84. The fraction of sp³-hybridized carbons (Fsp3) is 0.647. The number of para-hydroxylation sites is 1. The molecule has 112 valence electrons. The number of benzene rings is 1. The highest BCUT2D eigenvalue weighted by Gasteiger charge is 2.21. The molecule has 1 aromatic rings. The Morgan fingerprint density at radius 2 is 2.15 bits per heavy atom. The Morgan fingerprint density at radius 1 is 1.30 bits per heavy atom. The van der Waals surface area contributed by atoms with E-state index in [4.69, 9.17) is 9.84 Å². The number of aliphatic hydroxyl groups is 1. The number of nitrogens with zero attached hydrogens (tertiary/aromatic N) is 1. The van der Waals surface area contributed by atoms with Crippen LogP contribution in [0.1, 0.15) is 37.7 Å². The van der Waals surface area contributed by atoms with Gasteiger partial charge in [-0.2, -0.15) is 0 Å². The molecule has 1 fully saturated rings. The van der Waals surface area contributed by atoms with Gasteiger partial charge in [0.15, 0.2) is 0 Å². The van der Waals surface area contributed by atoms with Crippen molar-refractivity contribution in [2.75, 3.05) is 26.3 Å². The maximum Gasteiger partial charge on any atom is 0.122 e. The summed E-state index contributed by atoms with van der Waals surface area (Å²) in [6.07, 6.45) is 5.80. The minimum Gasteiger partial charge on any atom is -0.493 e. The highest BCUT2D eigenvalue weighted by molar-refractivity contribution is 5.31. The third-order valence-corrected chi connectivity index (χ3v) is 4.15. The van der Waals surface area contributed by atoms with E-state index in [9.17, 15) is 0 Å². The number of piperidine rings is 1. The lowest BCUT2D eigenvalue weighted by Crippen LogP contribution is -2.40. The smallest absolute Gasteiger partial charge is 0.122 e. The van der Waals surface area contributed by atoms with E-state index in [-0.39, 0.29) is 0 Å². The molecule has 1 saturated heterocycles. The van der Waals surface area contributed by atoms with Gasteiger partial charge in [-0.15, -0.1) is 0 Å². The van der Waals surface area contributed by atoms with E-state index in [1.807, 2.05) is 18.2 Å². The number of rotatable bonds is 7. The van der Waals surface area contributed by atoms with Gasteiger partial charge in [-0.05, 0) is 50.8 Å². The van der Waals surface area contributed by atoms with Crippen molar-refractivity contribution in [3.63, 3.8) is 0 Å². The highest BCUT2D eigenvalue weighted by atomic mass is 16.5. The topological polar surface area (TPSA) is 32.7 Å². The summed E-state index contributed by atoms with van der Waals surface area (Å²) < 4.78 is 5.85. The first-order valence-electron chi connectivity index (χ1n) is 7.84. The molecule has 1 aliphatic heterocycles. The predicted octanol–water partition coefficient (Wildman–Crippen LogP) is 3.00. The largest absolute Gasteiger partial charge is 0.493 e. The molecule has 1 atom stereocenters. The van der Waals surface area contributed by atoms with Gasteiger partial charge >= 0.3 is 0 Å². The molecule has 0 spiro atoms. The summed E-state index contributed by atoms with van der Waals surface area (Å²) in [7, 11) is 0. The van der Waals surface area contributed by atoms with Gasteiger partial charge in [0.1, 0.15) is 5.75 Å². The average Bonchev–Trinajstić information content (AvgIpc) is 2.47. The zero-order chi connectivity index (χ0) is 14.2. The summed E-state index contributed by atoms with van der Waals surface area (Å²) in [4.78, 5) is 2.53. The van der Waals surface area contributed by atoms with Gasteiger partial charge in [0, 0.05) is 19.2 Å². The lowest BCUT2D eigenvalue weighted by atomic mass is 9.99. The molecule has 1 unspecified atom stereocenters. The lowest BCUT2D eigenvalue weighted by molar-refractivity contribution is 0.112. The van der Waals surface area contributed by atoms with E-state index < -0.39 is 0 Å². The predicted molar refractivity (Wildman–Crippen MR) is 82.2 cm³/mol. The Balaban J connectivity index is 1.70. The van der Waals surface area contributed by atoms with Crippen LogP contribution in [-0.4, -0.2) is 42.4 Å². The first kappa shape index (κ1) is 15.3. The van der Waals surface area contributed by atoms with Crippen LogP contribution in [-0.2, 0) is 0 Å². The molecular weight excluding hydrogens is 250 g/mol. The fourth-order valence-corrected chi connectivity index (χ4v) is 3.00. The van der Waals surface area contributed by atoms with Crippen molar-refractivity contribution in [2.24, 2.45) is 0 Å². The summed E-state index contributed by atoms with van der Waals surface area (Å²) >= 11 is 0. The highest BCUT2D eigenvalue weighted by Crippen LogP contribution is 2.20. The molecule has 0 amide bonds. The second-order valence-corrected chi connectivity index (χ2v) is 5.67. The minimum atomic E-state index is 0.306. The summed E-state index contributed by atoms with van der Waals surface area (Å²) in [6, 6.07) is 8.74. The quantitative estimate of drug-likeness (QED) is 0.778. The Labute approximate surface area is 122 Å². The molecule has 20 heavy (non-hydrogen) atoms. The van der Waals surface area contributed by atoms with Crippen molar-refractivity contribution < 1.29 is 9.84 Å². The van der Waals surface area contributed by atoms with Gasteiger partial charge in [-0.3, -0.25) is 0 Å². The van der Waals surface area contributed by atoms with E-state index >= 15 is 0 Å². The lowest BCUT2D eigenvalue weighted by Gasteiger charge is -2.35. The van der Waals surface area contributed by atoms with Crippen LogP contribution in [0.5, 0.6) is 5.75 Å². The standard InChI is InChI=1S/C17H27NO2/c1-15-7-2-3-9-17(15)20-14-6-12-18-11-5-4-8-16(18)10-13-19/h2-3,7,9,16,19H,4-6,8,10-14H2,1H3. The summed E-state index contributed by atoms with van der Waals surface area (Å²) in [5, 5.41) is 9.14. The molecule has 1 heterocycles. The monoisotopic (exact) mass is 277 g/mol.